The normalized spacial score (nSPS) is 10.4. The summed E-state index contributed by atoms with van der Waals surface area (Å²) in [5, 5.41) is 11.3. The van der Waals surface area contributed by atoms with Crippen LogP contribution in [-0.4, -0.2) is 17.5 Å². The molecule has 156 valence electrons. The minimum absolute atomic E-state index is 0.323. The summed E-state index contributed by atoms with van der Waals surface area (Å²) in [6.45, 7) is 0.860. The highest BCUT2D eigenvalue weighted by atomic mass is 16.5. The Hall–Kier alpha value is -4.11. The fourth-order valence-electron chi connectivity index (χ4n) is 2.71. The molecule has 0 fully saturated rings. The summed E-state index contributed by atoms with van der Waals surface area (Å²) >= 11 is 0. The second-order valence-electron chi connectivity index (χ2n) is 6.63. The van der Waals surface area contributed by atoms with Crippen LogP contribution in [0.15, 0.2) is 79.0 Å². The monoisotopic (exact) mass is 413 g/mol. The van der Waals surface area contributed by atoms with Crippen molar-refractivity contribution in [2.24, 2.45) is 0 Å². The van der Waals surface area contributed by atoms with Gasteiger partial charge in [-0.2, -0.15) is 5.26 Å². The SMILES string of the molecule is N#CCCCOc1cccnc1NC(=O)/C=C/c1cccc(OCc2ccccc2)c1. The molecule has 0 saturated heterocycles. The molecule has 0 aliphatic heterocycles. The van der Waals surface area contributed by atoms with E-state index in [1.807, 2.05) is 54.6 Å². The van der Waals surface area contributed by atoms with Gasteiger partial charge in [0.25, 0.3) is 0 Å². The number of rotatable bonds is 10. The number of pyridine rings is 1. The van der Waals surface area contributed by atoms with Gasteiger partial charge in [0.1, 0.15) is 12.4 Å². The van der Waals surface area contributed by atoms with Gasteiger partial charge in [-0.25, -0.2) is 4.98 Å². The number of nitriles is 1. The molecule has 0 atom stereocenters. The van der Waals surface area contributed by atoms with Crippen LogP contribution in [0.5, 0.6) is 11.5 Å². The largest absolute Gasteiger partial charge is 0.490 e. The molecule has 1 N–H and O–H groups in total. The summed E-state index contributed by atoms with van der Waals surface area (Å²) in [5.41, 5.74) is 1.93. The van der Waals surface area contributed by atoms with Crippen molar-refractivity contribution in [2.45, 2.75) is 19.4 Å². The number of amides is 1. The average molecular weight is 413 g/mol. The van der Waals surface area contributed by atoms with Crippen LogP contribution in [0.2, 0.25) is 0 Å². The zero-order valence-electron chi connectivity index (χ0n) is 17.0. The van der Waals surface area contributed by atoms with Crippen LogP contribution < -0.4 is 14.8 Å². The third-order valence-electron chi connectivity index (χ3n) is 4.24. The smallest absolute Gasteiger partial charge is 0.249 e. The summed E-state index contributed by atoms with van der Waals surface area (Å²) in [6, 6.07) is 23.0. The van der Waals surface area contributed by atoms with E-state index in [0.717, 1.165) is 16.9 Å². The van der Waals surface area contributed by atoms with Crippen molar-refractivity contribution < 1.29 is 14.3 Å². The molecule has 0 spiro atoms. The van der Waals surface area contributed by atoms with E-state index in [1.165, 1.54) is 6.08 Å². The van der Waals surface area contributed by atoms with E-state index in [-0.39, 0.29) is 5.91 Å². The quantitative estimate of drug-likeness (QED) is 0.374. The fraction of sp³-hybridized carbons (Fsp3) is 0.160. The van der Waals surface area contributed by atoms with Gasteiger partial charge in [0, 0.05) is 18.7 Å². The Morgan fingerprint density at radius 3 is 2.77 bits per heavy atom. The number of hydrogen-bond acceptors (Lipinski definition) is 5. The second kappa shape index (κ2) is 11.8. The van der Waals surface area contributed by atoms with Gasteiger partial charge in [-0.05, 0) is 47.9 Å². The van der Waals surface area contributed by atoms with E-state index in [4.69, 9.17) is 14.7 Å². The second-order valence-corrected chi connectivity index (χ2v) is 6.63. The number of unbranched alkanes of at least 4 members (excludes halogenated alkanes) is 1. The van der Waals surface area contributed by atoms with Gasteiger partial charge in [-0.1, -0.05) is 42.5 Å². The van der Waals surface area contributed by atoms with Crippen LogP contribution in [0.3, 0.4) is 0 Å². The Labute approximate surface area is 181 Å². The Morgan fingerprint density at radius 1 is 1.06 bits per heavy atom. The Balaban J connectivity index is 1.56. The van der Waals surface area contributed by atoms with Crippen molar-refractivity contribution in [3.8, 4) is 17.6 Å². The number of anilines is 1. The highest BCUT2D eigenvalue weighted by Gasteiger charge is 2.07. The van der Waals surface area contributed by atoms with Crippen molar-refractivity contribution >= 4 is 17.8 Å². The molecule has 1 amide bonds. The van der Waals surface area contributed by atoms with E-state index < -0.39 is 0 Å². The van der Waals surface area contributed by atoms with E-state index in [0.29, 0.717) is 37.6 Å². The first-order valence-corrected chi connectivity index (χ1v) is 9.95. The van der Waals surface area contributed by atoms with Crippen LogP contribution >= 0.6 is 0 Å². The molecule has 3 aromatic rings. The van der Waals surface area contributed by atoms with Crippen LogP contribution in [0, 0.1) is 11.3 Å². The Kier molecular flexibility index (Phi) is 8.21. The molecule has 0 radical (unpaired) electrons. The third-order valence-corrected chi connectivity index (χ3v) is 4.24. The van der Waals surface area contributed by atoms with Crippen LogP contribution in [0.25, 0.3) is 6.08 Å². The number of nitrogens with one attached hydrogen (secondary N) is 1. The summed E-state index contributed by atoms with van der Waals surface area (Å²) in [5.74, 6) is 1.22. The lowest BCUT2D eigenvalue weighted by Crippen LogP contribution is -2.11. The molecule has 2 aromatic carbocycles. The lowest BCUT2D eigenvalue weighted by atomic mass is 10.2. The van der Waals surface area contributed by atoms with Gasteiger partial charge in [0.05, 0.1) is 12.7 Å². The zero-order chi connectivity index (χ0) is 21.7. The maximum atomic E-state index is 12.3. The topological polar surface area (TPSA) is 84.2 Å². The molecule has 0 unspecified atom stereocenters. The zero-order valence-corrected chi connectivity index (χ0v) is 17.0. The van der Waals surface area contributed by atoms with Crippen molar-refractivity contribution in [1.82, 2.24) is 4.98 Å². The first-order chi connectivity index (χ1) is 15.2. The number of hydrogen-bond donors (Lipinski definition) is 1. The lowest BCUT2D eigenvalue weighted by molar-refractivity contribution is -0.111. The molecule has 1 aromatic heterocycles. The molecule has 3 rings (SSSR count). The first-order valence-electron chi connectivity index (χ1n) is 9.95. The number of ether oxygens (including phenoxy) is 2. The van der Waals surface area contributed by atoms with Gasteiger partial charge >= 0.3 is 0 Å². The molecule has 1 heterocycles. The van der Waals surface area contributed by atoms with Gasteiger partial charge in [-0.3, -0.25) is 4.79 Å². The predicted molar refractivity (Wildman–Crippen MR) is 119 cm³/mol. The lowest BCUT2D eigenvalue weighted by Gasteiger charge is -2.10. The summed E-state index contributed by atoms with van der Waals surface area (Å²) in [6.07, 6.45) is 5.75. The summed E-state index contributed by atoms with van der Waals surface area (Å²) in [7, 11) is 0. The third kappa shape index (κ3) is 7.33. The van der Waals surface area contributed by atoms with Crippen molar-refractivity contribution in [1.29, 1.82) is 5.26 Å². The number of carbonyl (C=O) groups is 1. The molecule has 0 bridgehead atoms. The maximum absolute atomic E-state index is 12.3. The van der Waals surface area contributed by atoms with Crippen LogP contribution in [0.1, 0.15) is 24.0 Å². The van der Waals surface area contributed by atoms with E-state index in [2.05, 4.69) is 16.4 Å². The minimum Gasteiger partial charge on any atom is -0.490 e. The molecule has 31 heavy (non-hydrogen) atoms. The van der Waals surface area contributed by atoms with Gasteiger partial charge in [-0.15, -0.1) is 0 Å². The van der Waals surface area contributed by atoms with E-state index in [1.54, 1.807) is 24.4 Å². The average Bonchev–Trinajstić information content (AvgIpc) is 2.81. The molecular formula is C25H23N3O3. The molecule has 0 aliphatic rings. The van der Waals surface area contributed by atoms with Gasteiger partial charge < -0.3 is 14.8 Å². The van der Waals surface area contributed by atoms with Crippen molar-refractivity contribution in [3.63, 3.8) is 0 Å². The number of benzene rings is 2. The van der Waals surface area contributed by atoms with Crippen LogP contribution in [0.4, 0.5) is 5.82 Å². The number of carbonyl (C=O) groups excluding carboxylic acids is 1. The molecule has 0 aliphatic carbocycles. The number of aromatic nitrogens is 1. The predicted octanol–water partition coefficient (Wildman–Crippen LogP) is 5.00. The Bertz CT molecular complexity index is 1060. The fourth-order valence-corrected chi connectivity index (χ4v) is 2.71. The standard InChI is InChI=1S/C25H23N3O3/c26-15-4-5-17-30-23-12-7-16-27-25(23)28-24(29)14-13-20-10-6-11-22(18-20)31-19-21-8-2-1-3-9-21/h1-3,6-14,16,18H,4-5,17,19H2,(H,27,28,29)/b14-13+. The molecular weight excluding hydrogens is 390 g/mol. The molecule has 6 nitrogen and oxygen atoms in total. The minimum atomic E-state index is -0.323. The highest BCUT2D eigenvalue weighted by Crippen LogP contribution is 2.21. The Morgan fingerprint density at radius 2 is 1.94 bits per heavy atom. The van der Waals surface area contributed by atoms with Gasteiger partial charge in [0.2, 0.25) is 5.91 Å². The van der Waals surface area contributed by atoms with E-state index in [9.17, 15) is 4.79 Å². The van der Waals surface area contributed by atoms with Crippen molar-refractivity contribution in [3.05, 3.63) is 90.1 Å². The molecule has 6 heteroatoms. The summed E-state index contributed by atoms with van der Waals surface area (Å²) in [4.78, 5) is 16.5. The summed E-state index contributed by atoms with van der Waals surface area (Å²) < 4.78 is 11.4. The van der Waals surface area contributed by atoms with Crippen LogP contribution in [-0.2, 0) is 11.4 Å². The van der Waals surface area contributed by atoms with Crippen molar-refractivity contribution in [2.75, 3.05) is 11.9 Å². The van der Waals surface area contributed by atoms with Gasteiger partial charge in [0.15, 0.2) is 11.6 Å². The molecule has 0 saturated carbocycles. The maximum Gasteiger partial charge on any atom is 0.249 e. The van der Waals surface area contributed by atoms with E-state index >= 15 is 0 Å². The number of nitrogens with zero attached hydrogens (tertiary/aromatic N) is 2. The highest BCUT2D eigenvalue weighted by molar-refractivity contribution is 6.02. The first kappa shape index (κ1) is 21.6.